The van der Waals surface area contributed by atoms with Gasteiger partial charge in [-0.05, 0) is 24.3 Å². The maximum atomic E-state index is 12.8. The minimum absolute atomic E-state index is 0.0140. The number of carbonyl (C=O) groups excluding carboxylic acids is 2. The summed E-state index contributed by atoms with van der Waals surface area (Å²) >= 11 is 1.28. The number of ether oxygens (including phenoxy) is 2. The summed E-state index contributed by atoms with van der Waals surface area (Å²) in [5, 5.41) is 2.81. The average Bonchev–Trinajstić information content (AvgIpc) is 3.03. The number of hydrogen-bond acceptors (Lipinski definition) is 6. The lowest BCUT2D eigenvalue weighted by atomic mass is 10.2. The third-order valence-electron chi connectivity index (χ3n) is 4.37. The SMILES string of the molecule is C=CCN1C(=O)C(CC(=O)Nc2ccc(OC)cc2OC)SC1=Nc1ccccc1. The van der Waals surface area contributed by atoms with Crippen LogP contribution in [0.1, 0.15) is 6.42 Å². The lowest BCUT2D eigenvalue weighted by Crippen LogP contribution is -2.33. The number of rotatable bonds is 8. The van der Waals surface area contributed by atoms with Gasteiger partial charge in [-0.15, -0.1) is 6.58 Å². The van der Waals surface area contributed by atoms with Crippen LogP contribution < -0.4 is 14.8 Å². The highest BCUT2D eigenvalue weighted by Crippen LogP contribution is 2.33. The number of benzene rings is 2. The Bertz CT molecular complexity index is 962. The zero-order chi connectivity index (χ0) is 21.5. The highest BCUT2D eigenvalue weighted by Gasteiger charge is 2.38. The van der Waals surface area contributed by atoms with Crippen LogP contribution in [-0.2, 0) is 9.59 Å². The molecule has 0 aromatic heterocycles. The van der Waals surface area contributed by atoms with Crippen LogP contribution in [0.25, 0.3) is 0 Å². The normalized spacial score (nSPS) is 17.1. The molecular formula is C22H23N3O4S. The molecule has 2 aromatic carbocycles. The molecule has 1 N–H and O–H groups in total. The maximum absolute atomic E-state index is 12.8. The van der Waals surface area contributed by atoms with Gasteiger partial charge in [0.25, 0.3) is 0 Å². The molecule has 156 valence electrons. The van der Waals surface area contributed by atoms with Gasteiger partial charge in [0.2, 0.25) is 11.8 Å². The predicted octanol–water partition coefficient (Wildman–Crippen LogP) is 3.85. The quantitative estimate of drug-likeness (QED) is 0.650. The highest BCUT2D eigenvalue weighted by molar-refractivity contribution is 8.15. The van der Waals surface area contributed by atoms with Gasteiger partial charge in [-0.1, -0.05) is 36.0 Å². The lowest BCUT2D eigenvalue weighted by molar-refractivity contribution is -0.127. The van der Waals surface area contributed by atoms with E-state index in [-0.39, 0.29) is 18.2 Å². The zero-order valence-corrected chi connectivity index (χ0v) is 17.6. The van der Waals surface area contributed by atoms with Gasteiger partial charge in [-0.3, -0.25) is 14.5 Å². The van der Waals surface area contributed by atoms with Gasteiger partial charge < -0.3 is 14.8 Å². The second-order valence-corrected chi connectivity index (χ2v) is 7.56. The topological polar surface area (TPSA) is 80.2 Å². The first-order valence-electron chi connectivity index (χ1n) is 9.30. The van der Waals surface area contributed by atoms with Gasteiger partial charge in [0.05, 0.1) is 25.6 Å². The Morgan fingerprint density at radius 1 is 1.23 bits per heavy atom. The number of amides is 2. The van der Waals surface area contributed by atoms with Crippen LogP contribution in [0.2, 0.25) is 0 Å². The van der Waals surface area contributed by atoms with Gasteiger partial charge in [0.1, 0.15) is 16.7 Å². The van der Waals surface area contributed by atoms with E-state index < -0.39 is 5.25 Å². The Hall–Kier alpha value is -3.26. The molecule has 0 radical (unpaired) electrons. The first-order valence-corrected chi connectivity index (χ1v) is 10.2. The van der Waals surface area contributed by atoms with E-state index in [1.165, 1.54) is 18.9 Å². The molecule has 1 fully saturated rings. The molecule has 1 aliphatic rings. The molecule has 0 saturated carbocycles. The van der Waals surface area contributed by atoms with Crippen molar-refractivity contribution in [2.24, 2.45) is 4.99 Å². The number of nitrogens with zero attached hydrogens (tertiary/aromatic N) is 2. The largest absolute Gasteiger partial charge is 0.497 e. The summed E-state index contributed by atoms with van der Waals surface area (Å²) < 4.78 is 10.5. The van der Waals surface area contributed by atoms with Crippen LogP contribution in [0.4, 0.5) is 11.4 Å². The Balaban J connectivity index is 1.73. The van der Waals surface area contributed by atoms with Crippen molar-refractivity contribution in [2.45, 2.75) is 11.7 Å². The number of carbonyl (C=O) groups is 2. The Labute approximate surface area is 179 Å². The second kappa shape index (κ2) is 9.98. The van der Waals surface area contributed by atoms with Crippen LogP contribution in [0.3, 0.4) is 0 Å². The summed E-state index contributed by atoms with van der Waals surface area (Å²) in [5.74, 6) is 0.649. The number of hydrogen-bond donors (Lipinski definition) is 1. The molecule has 0 bridgehead atoms. The molecule has 0 aliphatic carbocycles. The third kappa shape index (κ3) is 5.01. The van der Waals surface area contributed by atoms with Gasteiger partial charge in [-0.2, -0.15) is 0 Å². The van der Waals surface area contributed by atoms with E-state index in [1.54, 1.807) is 36.3 Å². The molecule has 0 spiro atoms. The molecule has 2 amide bonds. The summed E-state index contributed by atoms with van der Waals surface area (Å²) in [6, 6.07) is 14.5. The molecular weight excluding hydrogens is 402 g/mol. The third-order valence-corrected chi connectivity index (χ3v) is 5.54. The standard InChI is InChI=1S/C22H23N3O4S/c1-4-12-25-21(27)19(30-22(25)23-15-8-6-5-7-9-15)14-20(26)24-17-11-10-16(28-2)13-18(17)29-3/h4-11,13,19H,1,12,14H2,2-3H3,(H,24,26). The van der Waals surface area contributed by atoms with Crippen LogP contribution in [0.5, 0.6) is 11.5 Å². The van der Waals surface area contributed by atoms with E-state index in [0.29, 0.717) is 28.9 Å². The number of aliphatic imine (C=N–C) groups is 1. The molecule has 30 heavy (non-hydrogen) atoms. The molecule has 1 saturated heterocycles. The van der Waals surface area contributed by atoms with E-state index in [1.807, 2.05) is 30.3 Å². The average molecular weight is 426 g/mol. The van der Waals surface area contributed by atoms with Crippen molar-refractivity contribution < 1.29 is 19.1 Å². The van der Waals surface area contributed by atoms with Crippen LogP contribution >= 0.6 is 11.8 Å². The van der Waals surface area contributed by atoms with Gasteiger partial charge >= 0.3 is 0 Å². The van der Waals surface area contributed by atoms with Gasteiger partial charge in [0, 0.05) is 19.0 Å². The lowest BCUT2D eigenvalue weighted by Gasteiger charge is -2.14. The Morgan fingerprint density at radius 2 is 2.00 bits per heavy atom. The number of anilines is 1. The minimum Gasteiger partial charge on any atom is -0.497 e. The summed E-state index contributed by atoms with van der Waals surface area (Å²) in [4.78, 5) is 31.6. The van der Waals surface area contributed by atoms with Gasteiger partial charge in [-0.25, -0.2) is 4.99 Å². The highest BCUT2D eigenvalue weighted by atomic mass is 32.2. The summed E-state index contributed by atoms with van der Waals surface area (Å²) in [6.07, 6.45) is 1.66. The van der Waals surface area contributed by atoms with Crippen molar-refractivity contribution in [3.05, 3.63) is 61.2 Å². The minimum atomic E-state index is -0.559. The smallest absolute Gasteiger partial charge is 0.242 e. The van der Waals surface area contributed by atoms with E-state index in [4.69, 9.17) is 9.47 Å². The number of thioether (sulfide) groups is 1. The van der Waals surface area contributed by atoms with Crippen LogP contribution in [-0.4, -0.2) is 47.9 Å². The number of methoxy groups -OCH3 is 2. The Morgan fingerprint density at radius 3 is 2.67 bits per heavy atom. The zero-order valence-electron chi connectivity index (χ0n) is 16.8. The molecule has 3 rings (SSSR count). The van der Waals surface area contributed by atoms with Crippen molar-refractivity contribution in [3.8, 4) is 11.5 Å². The van der Waals surface area contributed by atoms with Crippen LogP contribution in [0.15, 0.2) is 66.2 Å². The molecule has 8 heteroatoms. The second-order valence-electron chi connectivity index (χ2n) is 6.39. The number of nitrogens with one attached hydrogen (secondary N) is 1. The Kier molecular flexibility index (Phi) is 7.13. The van der Waals surface area contributed by atoms with Crippen molar-refractivity contribution >= 4 is 40.1 Å². The first-order chi connectivity index (χ1) is 14.5. The summed E-state index contributed by atoms with van der Waals surface area (Å²) in [7, 11) is 3.07. The van der Waals surface area contributed by atoms with E-state index in [0.717, 1.165) is 5.69 Å². The number of para-hydroxylation sites is 1. The summed E-state index contributed by atoms with van der Waals surface area (Å²) in [6.45, 7) is 4.05. The molecule has 7 nitrogen and oxygen atoms in total. The number of amidine groups is 1. The monoisotopic (exact) mass is 425 g/mol. The van der Waals surface area contributed by atoms with Crippen molar-refractivity contribution in [1.29, 1.82) is 0 Å². The van der Waals surface area contributed by atoms with Crippen LogP contribution in [0, 0.1) is 0 Å². The fourth-order valence-corrected chi connectivity index (χ4v) is 4.07. The van der Waals surface area contributed by atoms with Gasteiger partial charge in [0.15, 0.2) is 5.17 Å². The molecule has 1 aliphatic heterocycles. The summed E-state index contributed by atoms with van der Waals surface area (Å²) in [5.41, 5.74) is 1.26. The predicted molar refractivity (Wildman–Crippen MR) is 120 cm³/mol. The molecule has 1 unspecified atom stereocenters. The van der Waals surface area contributed by atoms with E-state index in [2.05, 4.69) is 16.9 Å². The van der Waals surface area contributed by atoms with Crippen molar-refractivity contribution in [3.63, 3.8) is 0 Å². The molecule has 1 heterocycles. The van der Waals surface area contributed by atoms with E-state index in [9.17, 15) is 9.59 Å². The molecule has 1 atom stereocenters. The fourth-order valence-electron chi connectivity index (χ4n) is 2.91. The van der Waals surface area contributed by atoms with Crippen molar-refractivity contribution in [2.75, 3.05) is 26.1 Å². The first kappa shape index (κ1) is 21.4. The molecule has 2 aromatic rings. The van der Waals surface area contributed by atoms with Crippen molar-refractivity contribution in [1.82, 2.24) is 4.90 Å². The fraction of sp³-hybridized carbons (Fsp3) is 0.227. The van der Waals surface area contributed by atoms with E-state index >= 15 is 0 Å². The maximum Gasteiger partial charge on any atom is 0.242 e.